The van der Waals surface area contributed by atoms with Crippen molar-refractivity contribution < 1.29 is 18.9 Å². The summed E-state index contributed by atoms with van der Waals surface area (Å²) in [6, 6.07) is 12.3. The van der Waals surface area contributed by atoms with Crippen molar-refractivity contribution in [2.75, 3.05) is 28.4 Å². The molecule has 0 saturated carbocycles. The molecule has 8 heteroatoms. The van der Waals surface area contributed by atoms with Gasteiger partial charge in [0.15, 0.2) is 11.5 Å². The third-order valence-electron chi connectivity index (χ3n) is 3.78. The Kier molecular flexibility index (Phi) is 6.90. The molecule has 0 aliphatic carbocycles. The van der Waals surface area contributed by atoms with E-state index in [2.05, 4.69) is 21.5 Å². The van der Waals surface area contributed by atoms with Crippen LogP contribution in [0.3, 0.4) is 0 Å². The van der Waals surface area contributed by atoms with Crippen LogP contribution in [0.1, 0.15) is 0 Å². The van der Waals surface area contributed by atoms with Gasteiger partial charge in [0.2, 0.25) is 5.75 Å². The van der Waals surface area contributed by atoms with Crippen LogP contribution >= 0.6 is 0 Å². The fraction of sp³-hybridized carbons (Fsp3) is 0.222. The molecule has 3 rings (SSSR count). The number of nitrogens with zero attached hydrogens (tertiary/aromatic N) is 2. The van der Waals surface area contributed by atoms with Gasteiger partial charge in [0.05, 0.1) is 34.1 Å². The molecule has 1 N–H and O–H groups in total. The Labute approximate surface area is 173 Å². The van der Waals surface area contributed by atoms with E-state index in [0.717, 1.165) is 22.6 Å². The molecule has 1 aromatic heterocycles. The van der Waals surface area contributed by atoms with Gasteiger partial charge in [-0.3, -0.25) is 5.10 Å². The Balaban J connectivity index is 0.00000243. The van der Waals surface area contributed by atoms with Gasteiger partial charge < -0.3 is 18.9 Å². The average molecular weight is 364 g/mol. The molecule has 0 aliphatic rings. The monoisotopic (exact) mass is 364 g/mol. The maximum atomic E-state index is 5.41. The van der Waals surface area contributed by atoms with E-state index in [1.165, 1.54) is 0 Å². The number of hydrogen-bond acceptors (Lipinski definition) is 6. The fourth-order valence-electron chi connectivity index (χ4n) is 2.53. The zero-order valence-electron chi connectivity index (χ0n) is 14.4. The van der Waals surface area contributed by atoms with E-state index in [1.807, 2.05) is 24.3 Å². The molecule has 26 heavy (non-hydrogen) atoms. The van der Waals surface area contributed by atoms with Crippen molar-refractivity contribution in [1.82, 2.24) is 15.4 Å². The normalized spacial score (nSPS) is 10.0. The van der Waals surface area contributed by atoms with Crippen LogP contribution in [0.5, 0.6) is 23.0 Å². The maximum absolute atomic E-state index is 5.41. The third kappa shape index (κ3) is 3.80. The van der Waals surface area contributed by atoms with Crippen LogP contribution in [-0.2, 0) is 0 Å². The molecule has 3 aromatic rings. The number of methoxy groups -OCH3 is 4. The molecule has 0 fully saturated rings. The number of H-pyrrole nitrogens is 1. The molecule has 0 atom stereocenters. The quantitative estimate of drug-likeness (QED) is 0.677. The van der Waals surface area contributed by atoms with Gasteiger partial charge in [0.25, 0.3) is 0 Å². The minimum atomic E-state index is 0. The Morgan fingerprint density at radius 2 is 1.62 bits per heavy atom. The van der Waals surface area contributed by atoms with Crippen molar-refractivity contribution in [3.63, 3.8) is 0 Å². The van der Waals surface area contributed by atoms with Crippen LogP contribution in [0.2, 0.25) is 0 Å². The van der Waals surface area contributed by atoms with Crippen LogP contribution in [0, 0.1) is 6.07 Å². The van der Waals surface area contributed by atoms with E-state index in [0.29, 0.717) is 22.9 Å². The molecule has 0 amide bonds. The Morgan fingerprint density at radius 1 is 0.923 bits per heavy atom. The van der Waals surface area contributed by atoms with E-state index in [1.54, 1.807) is 34.5 Å². The number of nitrogens with one attached hydrogen (secondary N) is 1. The topological polar surface area (TPSA) is 78.5 Å². The molecule has 131 valence electrons. The SMILES string of the molecule is COc1c[c]c(-c2[nH]nnc2-c2cc(OC)c(OC)c(OC)c2)cc1.[NaH]. The molecule has 0 saturated heterocycles. The van der Waals surface area contributed by atoms with Crippen LogP contribution in [0.15, 0.2) is 30.3 Å². The van der Waals surface area contributed by atoms with Gasteiger partial charge in [0.1, 0.15) is 11.4 Å². The predicted octanol–water partition coefficient (Wildman–Crippen LogP) is 2.32. The van der Waals surface area contributed by atoms with Gasteiger partial charge >= 0.3 is 29.6 Å². The number of aromatic nitrogens is 3. The van der Waals surface area contributed by atoms with Crippen molar-refractivity contribution in [1.29, 1.82) is 0 Å². The Hall–Kier alpha value is -2.22. The number of hydrogen-bond donors (Lipinski definition) is 1. The first-order valence-electron chi connectivity index (χ1n) is 7.49. The van der Waals surface area contributed by atoms with E-state index in [4.69, 9.17) is 18.9 Å². The molecule has 0 spiro atoms. The summed E-state index contributed by atoms with van der Waals surface area (Å²) in [6.45, 7) is 0. The van der Waals surface area contributed by atoms with Crippen LogP contribution in [0.4, 0.5) is 0 Å². The van der Waals surface area contributed by atoms with Crippen molar-refractivity contribution in [2.24, 2.45) is 0 Å². The summed E-state index contributed by atoms with van der Waals surface area (Å²) in [5.41, 5.74) is 2.98. The molecule has 0 aliphatic heterocycles. The number of aromatic amines is 1. The molecule has 1 heterocycles. The fourth-order valence-corrected chi connectivity index (χ4v) is 2.53. The zero-order chi connectivity index (χ0) is 17.8. The third-order valence-corrected chi connectivity index (χ3v) is 3.78. The second kappa shape index (κ2) is 8.93. The van der Waals surface area contributed by atoms with Crippen molar-refractivity contribution in [3.8, 4) is 45.5 Å². The molecule has 1 radical (unpaired) electrons. The first-order valence-corrected chi connectivity index (χ1v) is 7.49. The Morgan fingerprint density at radius 3 is 2.12 bits per heavy atom. The van der Waals surface area contributed by atoms with Gasteiger partial charge in [-0.25, -0.2) is 0 Å². The average Bonchev–Trinajstić information content (AvgIpc) is 3.16. The van der Waals surface area contributed by atoms with E-state index >= 15 is 0 Å². The number of ether oxygens (including phenoxy) is 4. The summed E-state index contributed by atoms with van der Waals surface area (Å²) >= 11 is 0. The summed E-state index contributed by atoms with van der Waals surface area (Å²) in [6.07, 6.45) is 0. The van der Waals surface area contributed by atoms with E-state index < -0.39 is 0 Å². The van der Waals surface area contributed by atoms with Crippen molar-refractivity contribution in [3.05, 3.63) is 36.4 Å². The van der Waals surface area contributed by atoms with Crippen LogP contribution < -0.4 is 18.9 Å². The van der Waals surface area contributed by atoms with Crippen LogP contribution in [0.25, 0.3) is 22.5 Å². The van der Waals surface area contributed by atoms with Crippen LogP contribution in [-0.4, -0.2) is 73.4 Å². The van der Waals surface area contributed by atoms with Crippen molar-refractivity contribution in [2.45, 2.75) is 0 Å². The molecule has 0 unspecified atom stereocenters. The minimum absolute atomic E-state index is 0. The first-order chi connectivity index (χ1) is 12.2. The molecule has 2 aromatic carbocycles. The number of benzene rings is 2. The standard InChI is InChI=1S/C18H18N3O4.Na.H/c1-22-13-7-5-11(6-8-13)16-17(20-21-19-16)12-9-14(23-2)18(25-4)15(10-12)24-3;;/h5,7-10H,1-4H3,(H,19,20,21);;. The second-order valence-electron chi connectivity index (χ2n) is 5.09. The summed E-state index contributed by atoms with van der Waals surface area (Å²) in [4.78, 5) is 0. The van der Waals surface area contributed by atoms with Crippen molar-refractivity contribution >= 4 is 29.6 Å². The van der Waals surface area contributed by atoms with Gasteiger partial charge in [-0.05, 0) is 36.4 Å². The predicted molar refractivity (Wildman–Crippen MR) is 99.4 cm³/mol. The van der Waals surface area contributed by atoms with Gasteiger partial charge in [-0.15, -0.1) is 5.10 Å². The van der Waals surface area contributed by atoms with E-state index in [-0.39, 0.29) is 29.6 Å². The summed E-state index contributed by atoms with van der Waals surface area (Å²) in [7, 11) is 6.32. The Bertz CT molecular complexity index is 840. The molecule has 0 bridgehead atoms. The van der Waals surface area contributed by atoms with Gasteiger partial charge in [0, 0.05) is 11.1 Å². The van der Waals surface area contributed by atoms with Gasteiger partial charge in [-0.2, -0.15) is 0 Å². The second-order valence-corrected chi connectivity index (χ2v) is 5.09. The summed E-state index contributed by atoms with van der Waals surface area (Å²) in [5.74, 6) is 2.34. The zero-order valence-corrected chi connectivity index (χ0v) is 14.4. The van der Waals surface area contributed by atoms with Gasteiger partial charge in [-0.1, -0.05) is 5.21 Å². The molecular weight excluding hydrogens is 345 g/mol. The summed E-state index contributed by atoms with van der Waals surface area (Å²) in [5, 5.41) is 11.1. The number of rotatable bonds is 6. The molecular formula is C18H19N3NaO4. The summed E-state index contributed by atoms with van der Waals surface area (Å²) < 4.78 is 21.3. The molecule has 7 nitrogen and oxygen atoms in total. The van der Waals surface area contributed by atoms with E-state index in [9.17, 15) is 0 Å². The first kappa shape index (κ1) is 20.1.